The van der Waals surface area contributed by atoms with Crippen molar-refractivity contribution in [3.8, 4) is 0 Å². The molecule has 1 aromatic carbocycles. The van der Waals surface area contributed by atoms with Gasteiger partial charge < -0.3 is 4.90 Å². The van der Waals surface area contributed by atoms with Gasteiger partial charge in [0.25, 0.3) is 0 Å². The molecular weight excluding hydrogens is 244 g/mol. The van der Waals surface area contributed by atoms with Crippen LogP contribution in [0.1, 0.15) is 24.0 Å². The van der Waals surface area contributed by atoms with E-state index in [-0.39, 0.29) is 0 Å². The SMILES string of the molecule is Cc1cc(CCl)ccc1N1CCN2CCCC2C1. The van der Waals surface area contributed by atoms with Crippen LogP contribution in [0.5, 0.6) is 0 Å². The largest absolute Gasteiger partial charge is 0.368 e. The number of alkyl halides is 1. The molecule has 2 aliphatic rings. The van der Waals surface area contributed by atoms with Gasteiger partial charge in [-0.15, -0.1) is 11.6 Å². The summed E-state index contributed by atoms with van der Waals surface area (Å²) in [6, 6.07) is 7.42. The minimum Gasteiger partial charge on any atom is -0.368 e. The fourth-order valence-corrected chi connectivity index (χ4v) is 3.53. The highest BCUT2D eigenvalue weighted by molar-refractivity contribution is 6.17. The van der Waals surface area contributed by atoms with E-state index in [0.717, 1.165) is 12.6 Å². The van der Waals surface area contributed by atoms with Gasteiger partial charge in [0.05, 0.1) is 0 Å². The second-order valence-corrected chi connectivity index (χ2v) is 5.80. The van der Waals surface area contributed by atoms with E-state index in [1.807, 2.05) is 0 Å². The summed E-state index contributed by atoms with van der Waals surface area (Å²) in [5.41, 5.74) is 3.98. The van der Waals surface area contributed by atoms with E-state index >= 15 is 0 Å². The van der Waals surface area contributed by atoms with Gasteiger partial charge in [-0.1, -0.05) is 12.1 Å². The molecule has 2 nitrogen and oxygen atoms in total. The van der Waals surface area contributed by atoms with Crippen molar-refractivity contribution >= 4 is 17.3 Å². The van der Waals surface area contributed by atoms with Gasteiger partial charge in [-0.2, -0.15) is 0 Å². The van der Waals surface area contributed by atoms with Gasteiger partial charge in [-0.05, 0) is 43.5 Å². The first-order valence-corrected chi connectivity index (χ1v) is 7.46. The third-order valence-corrected chi connectivity index (χ3v) is 4.65. The van der Waals surface area contributed by atoms with Crippen LogP contribution >= 0.6 is 11.6 Å². The lowest BCUT2D eigenvalue weighted by molar-refractivity contribution is 0.231. The summed E-state index contributed by atoms with van der Waals surface area (Å²) in [7, 11) is 0. The summed E-state index contributed by atoms with van der Waals surface area (Å²) in [5, 5.41) is 0. The van der Waals surface area contributed by atoms with Crippen LogP contribution in [0.4, 0.5) is 5.69 Å². The highest BCUT2D eigenvalue weighted by Gasteiger charge is 2.30. The minimum atomic E-state index is 0.609. The Morgan fingerprint density at radius 2 is 2.17 bits per heavy atom. The van der Waals surface area contributed by atoms with Crippen LogP contribution in [-0.4, -0.2) is 37.1 Å². The van der Waals surface area contributed by atoms with E-state index in [0.29, 0.717) is 5.88 Å². The van der Waals surface area contributed by atoms with Crippen LogP contribution in [0.15, 0.2) is 18.2 Å². The quantitative estimate of drug-likeness (QED) is 0.758. The molecule has 0 aromatic heterocycles. The van der Waals surface area contributed by atoms with Crippen molar-refractivity contribution in [1.82, 2.24) is 4.90 Å². The van der Waals surface area contributed by atoms with Crippen molar-refractivity contribution in [3.05, 3.63) is 29.3 Å². The molecule has 2 heterocycles. The highest BCUT2D eigenvalue weighted by atomic mass is 35.5. The standard InChI is InChI=1S/C15H21ClN2/c1-12-9-13(10-16)4-5-15(12)18-8-7-17-6-2-3-14(17)11-18/h4-5,9,14H,2-3,6-8,10-11H2,1H3. The normalized spacial score (nSPS) is 24.3. The molecule has 0 aliphatic carbocycles. The first kappa shape index (κ1) is 12.3. The summed E-state index contributed by atoms with van der Waals surface area (Å²) in [5.74, 6) is 0.609. The maximum Gasteiger partial charge on any atom is 0.0474 e. The molecule has 2 fully saturated rings. The van der Waals surface area contributed by atoms with Gasteiger partial charge >= 0.3 is 0 Å². The Hall–Kier alpha value is -0.730. The van der Waals surface area contributed by atoms with Gasteiger partial charge in [0, 0.05) is 37.2 Å². The summed E-state index contributed by atoms with van der Waals surface area (Å²) >= 11 is 5.89. The average molecular weight is 265 g/mol. The number of halogens is 1. The fourth-order valence-electron chi connectivity index (χ4n) is 3.37. The topological polar surface area (TPSA) is 6.48 Å². The van der Waals surface area contributed by atoms with Crippen molar-refractivity contribution in [2.24, 2.45) is 0 Å². The molecule has 0 bridgehead atoms. The number of anilines is 1. The van der Waals surface area contributed by atoms with Crippen LogP contribution in [-0.2, 0) is 5.88 Å². The molecule has 0 saturated carbocycles. The second-order valence-electron chi connectivity index (χ2n) is 5.53. The summed E-state index contributed by atoms with van der Waals surface area (Å²) in [4.78, 5) is 5.21. The van der Waals surface area contributed by atoms with Crippen molar-refractivity contribution in [3.63, 3.8) is 0 Å². The Morgan fingerprint density at radius 1 is 1.28 bits per heavy atom. The molecule has 2 aliphatic heterocycles. The number of nitrogens with zero attached hydrogens (tertiary/aromatic N) is 2. The Kier molecular flexibility index (Phi) is 3.49. The number of piperazine rings is 1. The lowest BCUT2D eigenvalue weighted by Crippen LogP contribution is -2.50. The number of benzene rings is 1. The molecule has 0 N–H and O–H groups in total. The van der Waals surface area contributed by atoms with Gasteiger partial charge in [-0.3, -0.25) is 4.90 Å². The van der Waals surface area contributed by atoms with Crippen molar-refractivity contribution < 1.29 is 0 Å². The molecule has 0 amide bonds. The molecule has 1 unspecified atom stereocenters. The van der Waals surface area contributed by atoms with Crippen LogP contribution in [0.2, 0.25) is 0 Å². The lowest BCUT2D eigenvalue weighted by Gasteiger charge is -2.39. The van der Waals surface area contributed by atoms with E-state index in [2.05, 4.69) is 34.9 Å². The molecule has 1 atom stereocenters. The molecule has 1 aromatic rings. The monoisotopic (exact) mass is 264 g/mol. The van der Waals surface area contributed by atoms with Crippen LogP contribution in [0.3, 0.4) is 0 Å². The van der Waals surface area contributed by atoms with E-state index in [9.17, 15) is 0 Å². The zero-order chi connectivity index (χ0) is 12.5. The summed E-state index contributed by atoms with van der Waals surface area (Å²) < 4.78 is 0. The Morgan fingerprint density at radius 3 is 2.94 bits per heavy atom. The zero-order valence-electron chi connectivity index (χ0n) is 11.0. The molecule has 18 heavy (non-hydrogen) atoms. The smallest absolute Gasteiger partial charge is 0.0474 e. The van der Waals surface area contributed by atoms with E-state index in [1.165, 1.54) is 49.3 Å². The maximum absolute atomic E-state index is 5.89. The Bertz CT molecular complexity index is 433. The van der Waals surface area contributed by atoms with Crippen molar-refractivity contribution in [2.75, 3.05) is 31.1 Å². The predicted molar refractivity (Wildman–Crippen MR) is 77.5 cm³/mol. The second kappa shape index (κ2) is 5.10. The van der Waals surface area contributed by atoms with E-state index in [1.54, 1.807) is 0 Å². The maximum atomic E-state index is 5.89. The zero-order valence-corrected chi connectivity index (χ0v) is 11.8. The third kappa shape index (κ3) is 2.24. The highest BCUT2D eigenvalue weighted by Crippen LogP contribution is 2.28. The number of rotatable bonds is 2. The number of hydrogen-bond donors (Lipinski definition) is 0. The van der Waals surface area contributed by atoms with Crippen LogP contribution in [0.25, 0.3) is 0 Å². The molecule has 0 spiro atoms. The first-order chi connectivity index (χ1) is 8.78. The third-order valence-electron chi connectivity index (χ3n) is 4.34. The molecule has 3 rings (SSSR count). The number of hydrogen-bond acceptors (Lipinski definition) is 2. The van der Waals surface area contributed by atoms with Crippen LogP contribution in [0, 0.1) is 6.92 Å². The Balaban J connectivity index is 1.78. The van der Waals surface area contributed by atoms with Crippen molar-refractivity contribution in [2.45, 2.75) is 31.7 Å². The molecular formula is C15H21ClN2. The van der Waals surface area contributed by atoms with Crippen LogP contribution < -0.4 is 4.90 Å². The fraction of sp³-hybridized carbons (Fsp3) is 0.600. The molecule has 98 valence electrons. The van der Waals surface area contributed by atoms with E-state index in [4.69, 9.17) is 11.6 Å². The van der Waals surface area contributed by atoms with E-state index < -0.39 is 0 Å². The van der Waals surface area contributed by atoms with Gasteiger partial charge in [0.15, 0.2) is 0 Å². The van der Waals surface area contributed by atoms with Crippen molar-refractivity contribution in [1.29, 1.82) is 0 Å². The van der Waals surface area contributed by atoms with Gasteiger partial charge in [-0.25, -0.2) is 0 Å². The molecule has 3 heteroatoms. The van der Waals surface area contributed by atoms with Gasteiger partial charge in [0.1, 0.15) is 0 Å². The Labute approximate surface area is 115 Å². The lowest BCUT2D eigenvalue weighted by atomic mass is 10.1. The minimum absolute atomic E-state index is 0.609. The first-order valence-electron chi connectivity index (χ1n) is 6.92. The number of fused-ring (bicyclic) bond motifs is 1. The average Bonchev–Trinajstić information content (AvgIpc) is 2.85. The summed E-state index contributed by atoms with van der Waals surface area (Å²) in [6.45, 7) is 7.09. The number of aryl methyl sites for hydroxylation is 1. The molecule has 2 saturated heterocycles. The predicted octanol–water partition coefficient (Wildman–Crippen LogP) is 3.02. The molecule has 0 radical (unpaired) electrons. The summed E-state index contributed by atoms with van der Waals surface area (Å²) in [6.07, 6.45) is 2.75. The van der Waals surface area contributed by atoms with Gasteiger partial charge in [0.2, 0.25) is 0 Å².